The predicted octanol–water partition coefficient (Wildman–Crippen LogP) is 4.46. The quantitative estimate of drug-likeness (QED) is 0.847. The van der Waals surface area contributed by atoms with Crippen molar-refractivity contribution in [2.24, 2.45) is 0 Å². The fourth-order valence-corrected chi connectivity index (χ4v) is 1.96. The molecule has 0 aliphatic rings. The lowest BCUT2D eigenvalue weighted by Crippen LogP contribution is -2.07. The number of hydrogen-bond acceptors (Lipinski definition) is 2. The van der Waals surface area contributed by atoms with Gasteiger partial charge in [-0.1, -0.05) is 12.1 Å². The van der Waals surface area contributed by atoms with Gasteiger partial charge in [-0.05, 0) is 59.1 Å². The Morgan fingerprint density at radius 2 is 2.11 bits per heavy atom. The summed E-state index contributed by atoms with van der Waals surface area (Å²) in [6.07, 6.45) is 1.76. The van der Waals surface area contributed by atoms with Crippen molar-refractivity contribution in [1.29, 1.82) is 0 Å². The molecule has 2 nitrogen and oxygen atoms in total. The maximum absolute atomic E-state index is 13.1. The zero-order valence-corrected chi connectivity index (χ0v) is 11.8. The number of halogens is 2. The monoisotopic (exact) mass is 308 g/mol. The second kappa shape index (κ2) is 5.48. The van der Waals surface area contributed by atoms with E-state index in [2.05, 4.69) is 26.2 Å². The molecule has 0 amide bonds. The van der Waals surface area contributed by atoms with Gasteiger partial charge in [-0.2, -0.15) is 0 Å². The van der Waals surface area contributed by atoms with E-state index >= 15 is 0 Å². The van der Waals surface area contributed by atoms with Gasteiger partial charge in [-0.25, -0.2) is 9.37 Å². The van der Waals surface area contributed by atoms with Crippen LogP contribution in [0.2, 0.25) is 0 Å². The van der Waals surface area contributed by atoms with Crippen LogP contribution in [0.4, 0.5) is 10.1 Å². The maximum Gasteiger partial charge on any atom is 0.123 e. The average molecular weight is 309 g/mol. The Kier molecular flexibility index (Phi) is 3.97. The molecule has 1 atom stereocenters. The van der Waals surface area contributed by atoms with Crippen LogP contribution in [-0.2, 0) is 0 Å². The van der Waals surface area contributed by atoms with Crippen LogP contribution in [-0.4, -0.2) is 4.98 Å². The Morgan fingerprint density at radius 1 is 1.33 bits per heavy atom. The Morgan fingerprint density at radius 3 is 2.78 bits per heavy atom. The lowest BCUT2D eigenvalue weighted by Gasteiger charge is -2.16. The third-order valence-corrected chi connectivity index (χ3v) is 3.58. The predicted molar refractivity (Wildman–Crippen MR) is 75.1 cm³/mol. The van der Waals surface area contributed by atoms with Crippen LogP contribution in [0, 0.1) is 12.7 Å². The minimum absolute atomic E-state index is 0.0306. The maximum atomic E-state index is 13.1. The largest absolute Gasteiger partial charge is 0.377 e. The molecule has 1 heterocycles. The summed E-state index contributed by atoms with van der Waals surface area (Å²) in [7, 11) is 0. The van der Waals surface area contributed by atoms with E-state index < -0.39 is 0 Å². The zero-order chi connectivity index (χ0) is 13.1. The normalized spacial score (nSPS) is 12.2. The summed E-state index contributed by atoms with van der Waals surface area (Å²) < 4.78 is 14.0. The van der Waals surface area contributed by atoms with E-state index in [4.69, 9.17) is 0 Å². The van der Waals surface area contributed by atoms with Crippen molar-refractivity contribution >= 4 is 21.6 Å². The second-order valence-electron chi connectivity index (χ2n) is 4.25. The molecule has 18 heavy (non-hydrogen) atoms. The van der Waals surface area contributed by atoms with Crippen LogP contribution in [0.1, 0.15) is 24.1 Å². The number of aryl methyl sites for hydroxylation is 1. The summed E-state index contributed by atoms with van der Waals surface area (Å²) in [6.45, 7) is 3.97. The van der Waals surface area contributed by atoms with Crippen molar-refractivity contribution in [3.05, 3.63) is 58.1 Å². The molecule has 0 saturated heterocycles. The molecule has 1 aromatic heterocycles. The van der Waals surface area contributed by atoms with Crippen molar-refractivity contribution < 1.29 is 4.39 Å². The molecule has 94 valence electrons. The number of nitrogens with one attached hydrogen (secondary N) is 1. The van der Waals surface area contributed by atoms with Gasteiger partial charge in [-0.15, -0.1) is 0 Å². The van der Waals surface area contributed by atoms with E-state index in [0.29, 0.717) is 0 Å². The van der Waals surface area contributed by atoms with E-state index in [9.17, 15) is 4.39 Å². The first-order valence-electron chi connectivity index (χ1n) is 5.70. The van der Waals surface area contributed by atoms with Crippen molar-refractivity contribution in [3.8, 4) is 0 Å². The van der Waals surface area contributed by atoms with Gasteiger partial charge in [0.2, 0.25) is 0 Å². The summed E-state index contributed by atoms with van der Waals surface area (Å²) in [5.41, 5.74) is 2.90. The van der Waals surface area contributed by atoms with Gasteiger partial charge in [0, 0.05) is 6.04 Å². The number of hydrogen-bond donors (Lipinski definition) is 1. The lowest BCUT2D eigenvalue weighted by atomic mass is 10.1. The third kappa shape index (κ3) is 3.07. The fourth-order valence-electron chi connectivity index (χ4n) is 1.75. The van der Waals surface area contributed by atoms with Gasteiger partial charge in [0.05, 0.1) is 11.9 Å². The summed E-state index contributed by atoms with van der Waals surface area (Å²) in [6, 6.07) is 8.64. The smallest absolute Gasteiger partial charge is 0.123 e. The molecule has 2 rings (SSSR count). The Labute approximate surface area is 114 Å². The molecule has 1 unspecified atom stereocenters. The molecule has 1 N–H and O–H groups in total. The molecule has 0 spiro atoms. The average Bonchev–Trinajstić information content (AvgIpc) is 2.34. The van der Waals surface area contributed by atoms with Gasteiger partial charge < -0.3 is 5.32 Å². The van der Waals surface area contributed by atoms with Crippen LogP contribution in [0.3, 0.4) is 0 Å². The van der Waals surface area contributed by atoms with E-state index in [-0.39, 0.29) is 11.9 Å². The van der Waals surface area contributed by atoms with E-state index in [1.807, 2.05) is 26.0 Å². The second-order valence-corrected chi connectivity index (χ2v) is 5.00. The minimum atomic E-state index is -0.216. The van der Waals surface area contributed by atoms with Gasteiger partial charge >= 0.3 is 0 Å². The minimum Gasteiger partial charge on any atom is -0.377 e. The van der Waals surface area contributed by atoms with E-state index in [0.717, 1.165) is 21.4 Å². The van der Waals surface area contributed by atoms with Crippen LogP contribution >= 0.6 is 15.9 Å². The molecule has 0 fully saturated rings. The van der Waals surface area contributed by atoms with Gasteiger partial charge in [-0.3, -0.25) is 0 Å². The highest BCUT2D eigenvalue weighted by molar-refractivity contribution is 9.10. The van der Waals surface area contributed by atoms with Crippen LogP contribution < -0.4 is 5.32 Å². The summed E-state index contributed by atoms with van der Waals surface area (Å²) in [5, 5.41) is 3.30. The van der Waals surface area contributed by atoms with Crippen molar-refractivity contribution in [2.75, 3.05) is 5.32 Å². The zero-order valence-electron chi connectivity index (χ0n) is 10.2. The number of benzene rings is 1. The molecule has 2 aromatic rings. The first-order valence-corrected chi connectivity index (χ1v) is 6.49. The Hall–Kier alpha value is -1.42. The first-order chi connectivity index (χ1) is 8.56. The van der Waals surface area contributed by atoms with Gasteiger partial charge in [0.25, 0.3) is 0 Å². The molecule has 0 bridgehead atoms. The summed E-state index contributed by atoms with van der Waals surface area (Å²) >= 11 is 3.36. The standard InChI is InChI=1S/C14H14BrFN2/c1-9-6-13(8-17-14(9)15)18-10(2)11-4-3-5-12(16)7-11/h3-8,10,18H,1-2H3. The molecular weight excluding hydrogens is 295 g/mol. The molecule has 0 aliphatic carbocycles. The Balaban J connectivity index is 2.16. The molecule has 1 aromatic carbocycles. The molecule has 0 aliphatic heterocycles. The highest BCUT2D eigenvalue weighted by Gasteiger charge is 2.07. The first kappa shape index (κ1) is 13.0. The number of rotatable bonds is 3. The van der Waals surface area contributed by atoms with Crippen LogP contribution in [0.5, 0.6) is 0 Å². The molecule has 4 heteroatoms. The van der Waals surface area contributed by atoms with Gasteiger partial charge in [0.1, 0.15) is 10.4 Å². The number of aromatic nitrogens is 1. The van der Waals surface area contributed by atoms with Crippen LogP contribution in [0.15, 0.2) is 41.1 Å². The highest BCUT2D eigenvalue weighted by atomic mass is 79.9. The SMILES string of the molecule is Cc1cc(NC(C)c2cccc(F)c2)cnc1Br. The number of anilines is 1. The number of nitrogens with zero attached hydrogens (tertiary/aromatic N) is 1. The van der Waals surface area contributed by atoms with E-state index in [1.54, 1.807) is 12.3 Å². The lowest BCUT2D eigenvalue weighted by molar-refractivity contribution is 0.623. The topological polar surface area (TPSA) is 24.9 Å². The van der Waals surface area contributed by atoms with E-state index in [1.165, 1.54) is 12.1 Å². The molecule has 0 radical (unpaired) electrons. The molecular formula is C14H14BrFN2. The fraction of sp³-hybridized carbons (Fsp3) is 0.214. The van der Waals surface area contributed by atoms with Crippen molar-refractivity contribution in [2.45, 2.75) is 19.9 Å². The summed E-state index contributed by atoms with van der Waals surface area (Å²) in [5.74, 6) is -0.216. The third-order valence-electron chi connectivity index (χ3n) is 2.75. The van der Waals surface area contributed by atoms with Crippen molar-refractivity contribution in [1.82, 2.24) is 4.98 Å². The molecule has 0 saturated carbocycles. The van der Waals surface area contributed by atoms with Crippen molar-refractivity contribution in [3.63, 3.8) is 0 Å². The number of pyridine rings is 1. The highest BCUT2D eigenvalue weighted by Crippen LogP contribution is 2.22. The Bertz CT molecular complexity index is 557. The van der Waals surface area contributed by atoms with Crippen LogP contribution in [0.25, 0.3) is 0 Å². The van der Waals surface area contributed by atoms with Gasteiger partial charge in [0.15, 0.2) is 0 Å². The summed E-state index contributed by atoms with van der Waals surface area (Å²) in [4.78, 5) is 4.22.